The van der Waals surface area contributed by atoms with Crippen molar-refractivity contribution in [2.45, 2.75) is 27.2 Å². The van der Waals surface area contributed by atoms with Crippen molar-refractivity contribution in [1.29, 1.82) is 0 Å². The van der Waals surface area contributed by atoms with Gasteiger partial charge in [0.05, 0.1) is 7.11 Å². The van der Waals surface area contributed by atoms with Crippen LogP contribution in [-0.4, -0.2) is 28.6 Å². The Hall–Kier alpha value is -2.17. The number of methoxy groups -OCH3 is 1. The van der Waals surface area contributed by atoms with Crippen LogP contribution in [0.5, 0.6) is 5.88 Å². The zero-order valence-electron chi connectivity index (χ0n) is 12.4. The fraction of sp³-hybridized carbons (Fsp3) is 0.400. The Morgan fingerprint density at radius 3 is 2.60 bits per heavy atom. The van der Waals surface area contributed by atoms with E-state index in [2.05, 4.69) is 27.2 Å². The van der Waals surface area contributed by atoms with Crippen LogP contribution in [0.3, 0.4) is 0 Å². The van der Waals surface area contributed by atoms with Gasteiger partial charge in [-0.15, -0.1) is 0 Å². The molecule has 0 aromatic carbocycles. The minimum Gasteiger partial charge on any atom is -0.481 e. The summed E-state index contributed by atoms with van der Waals surface area (Å²) in [6, 6.07) is 3.73. The molecular weight excluding hydrogens is 252 g/mol. The maximum absolute atomic E-state index is 5.06. The van der Waals surface area contributed by atoms with Gasteiger partial charge < -0.3 is 10.1 Å². The number of aryl methyl sites for hydroxylation is 1. The highest BCUT2D eigenvalue weighted by molar-refractivity contribution is 5.59. The van der Waals surface area contributed by atoms with Crippen LogP contribution in [0.1, 0.15) is 24.6 Å². The third kappa shape index (κ3) is 3.04. The minimum absolute atomic E-state index is 0.585. The van der Waals surface area contributed by atoms with Crippen LogP contribution in [0, 0.1) is 13.8 Å². The van der Waals surface area contributed by atoms with Crippen molar-refractivity contribution in [3.8, 4) is 17.3 Å². The van der Waals surface area contributed by atoms with E-state index in [0.29, 0.717) is 11.7 Å². The average Bonchev–Trinajstić information content (AvgIpc) is 2.48. The molecule has 0 aliphatic carbocycles. The van der Waals surface area contributed by atoms with E-state index in [1.54, 1.807) is 13.3 Å². The van der Waals surface area contributed by atoms with E-state index in [1.165, 1.54) is 0 Å². The molecule has 0 unspecified atom stereocenters. The van der Waals surface area contributed by atoms with Crippen LogP contribution < -0.4 is 10.1 Å². The summed E-state index contributed by atoms with van der Waals surface area (Å²) in [5.41, 5.74) is 2.95. The van der Waals surface area contributed by atoms with Gasteiger partial charge in [0.15, 0.2) is 5.82 Å². The number of ether oxygens (including phenoxy) is 1. The highest BCUT2D eigenvalue weighted by Crippen LogP contribution is 2.22. The van der Waals surface area contributed by atoms with Gasteiger partial charge in [0.1, 0.15) is 5.82 Å². The maximum Gasteiger partial charge on any atom is 0.212 e. The van der Waals surface area contributed by atoms with Gasteiger partial charge in [0.2, 0.25) is 5.88 Å². The Kier molecular flexibility index (Phi) is 4.50. The van der Waals surface area contributed by atoms with Gasteiger partial charge in [-0.05, 0) is 26.3 Å². The second-order valence-corrected chi connectivity index (χ2v) is 4.62. The summed E-state index contributed by atoms with van der Waals surface area (Å²) >= 11 is 0. The zero-order chi connectivity index (χ0) is 14.5. The average molecular weight is 272 g/mol. The Labute approximate surface area is 119 Å². The number of hydrogen-bond acceptors (Lipinski definition) is 5. The predicted octanol–water partition coefficient (Wildman–Crippen LogP) is 2.99. The molecule has 0 amide bonds. The Morgan fingerprint density at radius 2 is 2.00 bits per heavy atom. The first-order valence-electron chi connectivity index (χ1n) is 6.75. The van der Waals surface area contributed by atoms with Crippen LogP contribution in [0.15, 0.2) is 18.3 Å². The quantitative estimate of drug-likeness (QED) is 0.906. The van der Waals surface area contributed by atoms with Crippen molar-refractivity contribution in [1.82, 2.24) is 15.0 Å². The summed E-state index contributed by atoms with van der Waals surface area (Å²) in [6.07, 6.45) is 2.79. The second kappa shape index (κ2) is 6.32. The van der Waals surface area contributed by atoms with E-state index < -0.39 is 0 Å². The number of nitrogens with zero attached hydrogens (tertiary/aromatic N) is 3. The van der Waals surface area contributed by atoms with E-state index in [-0.39, 0.29) is 0 Å². The van der Waals surface area contributed by atoms with Gasteiger partial charge in [0, 0.05) is 35.6 Å². The predicted molar refractivity (Wildman–Crippen MR) is 80.1 cm³/mol. The molecule has 2 aromatic rings. The summed E-state index contributed by atoms with van der Waals surface area (Å²) in [5, 5.41) is 3.34. The second-order valence-electron chi connectivity index (χ2n) is 4.62. The molecule has 2 aromatic heterocycles. The normalized spacial score (nSPS) is 10.4. The maximum atomic E-state index is 5.06. The number of nitrogens with one attached hydrogen (secondary N) is 1. The van der Waals surface area contributed by atoms with E-state index in [0.717, 1.165) is 35.6 Å². The van der Waals surface area contributed by atoms with Gasteiger partial charge in [-0.1, -0.05) is 6.92 Å². The first-order valence-corrected chi connectivity index (χ1v) is 6.75. The smallest absolute Gasteiger partial charge is 0.212 e. The highest BCUT2D eigenvalue weighted by atomic mass is 16.5. The van der Waals surface area contributed by atoms with Crippen molar-refractivity contribution in [2.24, 2.45) is 0 Å². The number of anilines is 1. The third-order valence-corrected chi connectivity index (χ3v) is 3.14. The van der Waals surface area contributed by atoms with Crippen molar-refractivity contribution >= 4 is 5.82 Å². The zero-order valence-corrected chi connectivity index (χ0v) is 12.4. The van der Waals surface area contributed by atoms with E-state index >= 15 is 0 Å². The lowest BCUT2D eigenvalue weighted by molar-refractivity contribution is 0.398. The molecule has 0 aliphatic heterocycles. The summed E-state index contributed by atoms with van der Waals surface area (Å²) in [5.74, 6) is 2.16. The van der Waals surface area contributed by atoms with E-state index in [4.69, 9.17) is 4.74 Å². The molecule has 0 aliphatic rings. The molecule has 2 heterocycles. The lowest BCUT2D eigenvalue weighted by Crippen LogP contribution is -2.07. The van der Waals surface area contributed by atoms with Gasteiger partial charge in [-0.25, -0.2) is 15.0 Å². The largest absolute Gasteiger partial charge is 0.481 e. The molecule has 1 N–H and O–H groups in total. The SMILES string of the molecule is CCCNc1nc(-c2ccc(OC)nc2)nc(C)c1C. The van der Waals surface area contributed by atoms with E-state index in [1.807, 2.05) is 26.0 Å². The molecule has 0 spiro atoms. The number of aromatic nitrogens is 3. The lowest BCUT2D eigenvalue weighted by atomic mass is 10.2. The Balaban J connectivity index is 2.37. The highest BCUT2D eigenvalue weighted by Gasteiger charge is 2.09. The van der Waals surface area contributed by atoms with E-state index in [9.17, 15) is 0 Å². The molecule has 5 heteroatoms. The summed E-state index contributed by atoms with van der Waals surface area (Å²) < 4.78 is 5.06. The summed E-state index contributed by atoms with van der Waals surface area (Å²) in [4.78, 5) is 13.3. The van der Waals surface area contributed by atoms with Gasteiger partial charge >= 0.3 is 0 Å². The molecule has 20 heavy (non-hydrogen) atoms. The van der Waals surface area contributed by atoms with Crippen molar-refractivity contribution < 1.29 is 4.74 Å². The molecule has 2 rings (SSSR count). The van der Waals surface area contributed by atoms with Gasteiger partial charge in [-0.2, -0.15) is 0 Å². The van der Waals surface area contributed by atoms with Crippen molar-refractivity contribution in [3.63, 3.8) is 0 Å². The topological polar surface area (TPSA) is 59.9 Å². The molecule has 0 saturated carbocycles. The first kappa shape index (κ1) is 14.2. The fourth-order valence-electron chi connectivity index (χ4n) is 1.81. The molecule has 0 fully saturated rings. The van der Waals surface area contributed by atoms with Crippen molar-refractivity contribution in [2.75, 3.05) is 19.0 Å². The van der Waals surface area contributed by atoms with Gasteiger partial charge in [0.25, 0.3) is 0 Å². The van der Waals surface area contributed by atoms with Crippen LogP contribution in [0.2, 0.25) is 0 Å². The first-order chi connectivity index (χ1) is 9.65. The Bertz CT molecular complexity index is 581. The van der Waals surface area contributed by atoms with Crippen LogP contribution in [0.25, 0.3) is 11.4 Å². The minimum atomic E-state index is 0.585. The molecule has 0 atom stereocenters. The number of rotatable bonds is 5. The molecule has 0 radical (unpaired) electrons. The molecule has 106 valence electrons. The molecule has 0 saturated heterocycles. The van der Waals surface area contributed by atoms with Crippen LogP contribution in [0.4, 0.5) is 5.82 Å². The van der Waals surface area contributed by atoms with Crippen LogP contribution >= 0.6 is 0 Å². The fourth-order valence-corrected chi connectivity index (χ4v) is 1.81. The Morgan fingerprint density at radius 1 is 1.20 bits per heavy atom. The number of pyridine rings is 1. The van der Waals surface area contributed by atoms with Crippen molar-refractivity contribution in [3.05, 3.63) is 29.6 Å². The standard InChI is InChI=1S/C15H20N4O/c1-5-8-16-14-10(2)11(3)18-15(19-14)12-6-7-13(20-4)17-9-12/h6-7,9H,5,8H2,1-4H3,(H,16,18,19). The number of hydrogen-bond donors (Lipinski definition) is 1. The molecular formula is C15H20N4O. The molecule has 5 nitrogen and oxygen atoms in total. The summed E-state index contributed by atoms with van der Waals surface area (Å²) in [6.45, 7) is 7.06. The van der Waals surface area contributed by atoms with Gasteiger partial charge in [-0.3, -0.25) is 0 Å². The molecule has 0 bridgehead atoms. The lowest BCUT2D eigenvalue weighted by Gasteiger charge is -2.11. The van der Waals surface area contributed by atoms with Crippen LogP contribution in [-0.2, 0) is 0 Å². The third-order valence-electron chi connectivity index (χ3n) is 3.14. The summed E-state index contributed by atoms with van der Waals surface area (Å²) in [7, 11) is 1.60. The monoisotopic (exact) mass is 272 g/mol.